The molecule has 0 fully saturated rings. The Morgan fingerprint density at radius 1 is 1.40 bits per heavy atom. The maximum absolute atomic E-state index is 5.77. The fourth-order valence-corrected chi connectivity index (χ4v) is 0.792. The summed E-state index contributed by atoms with van der Waals surface area (Å²) in [4.78, 5) is 0. The second-order valence-corrected chi connectivity index (χ2v) is 3.02. The lowest BCUT2D eigenvalue weighted by Crippen LogP contribution is -2.35. The fraction of sp³-hybridized carbons (Fsp3) is 0.273. The number of hydrogen-bond donors (Lipinski definition) is 2. The number of likely N-dealkylation sites (N-methyl/N-ethyl adjacent to an activating group) is 1. The van der Waals surface area contributed by atoms with Gasteiger partial charge in [-0.15, -0.1) is 0 Å². The smallest absolute Gasteiger partial charge is 0.117 e. The third-order valence-corrected chi connectivity index (χ3v) is 1.95. The first-order valence-corrected chi connectivity index (χ1v) is 4.62. The predicted molar refractivity (Wildman–Crippen MR) is 65.3 cm³/mol. The second kappa shape index (κ2) is 6.59. The van der Waals surface area contributed by atoms with E-state index in [-0.39, 0.29) is 0 Å². The van der Waals surface area contributed by atoms with Crippen LogP contribution in [-0.4, -0.2) is 31.2 Å². The number of allylic oxidation sites excluding steroid dienone is 3. The molecule has 0 bridgehead atoms. The molecule has 4 heteroatoms. The first kappa shape index (κ1) is 13.2. The highest BCUT2D eigenvalue weighted by Crippen LogP contribution is 2.00. The van der Waals surface area contributed by atoms with Crippen LogP contribution in [0, 0.1) is 0 Å². The molecule has 15 heavy (non-hydrogen) atoms. The zero-order valence-electron chi connectivity index (χ0n) is 9.70. The van der Waals surface area contributed by atoms with Crippen LogP contribution in [0.2, 0.25) is 0 Å². The van der Waals surface area contributed by atoms with Crippen molar-refractivity contribution in [2.45, 2.75) is 0 Å². The average molecular weight is 208 g/mol. The van der Waals surface area contributed by atoms with E-state index in [4.69, 9.17) is 5.73 Å². The Kier molecular flexibility index (Phi) is 5.78. The van der Waals surface area contributed by atoms with Crippen molar-refractivity contribution in [1.29, 1.82) is 0 Å². The Morgan fingerprint density at radius 3 is 2.47 bits per heavy atom. The Morgan fingerprint density at radius 2 is 2.00 bits per heavy atom. The number of hydrogen-bond acceptors (Lipinski definition) is 4. The van der Waals surface area contributed by atoms with Gasteiger partial charge in [-0.3, -0.25) is 10.0 Å². The molecule has 0 aromatic carbocycles. The van der Waals surface area contributed by atoms with Gasteiger partial charge in [-0.25, -0.2) is 0 Å². The Hall–Kier alpha value is -1.84. The highest BCUT2D eigenvalue weighted by atomic mass is 15.6. The van der Waals surface area contributed by atoms with E-state index in [1.54, 1.807) is 17.2 Å². The molecular formula is C11H20N4. The number of nitrogens with one attached hydrogen (secondary N) is 1. The summed E-state index contributed by atoms with van der Waals surface area (Å²) < 4.78 is 0. The van der Waals surface area contributed by atoms with Crippen LogP contribution in [0.5, 0.6) is 0 Å². The minimum Gasteiger partial charge on any atom is -0.389 e. The predicted octanol–water partition coefficient (Wildman–Crippen LogP) is 0.998. The molecule has 3 N–H and O–H groups in total. The summed E-state index contributed by atoms with van der Waals surface area (Å²) in [6.07, 6.45) is 7.10. The molecule has 4 nitrogen and oxygen atoms in total. The quantitative estimate of drug-likeness (QED) is 0.505. The summed E-state index contributed by atoms with van der Waals surface area (Å²) >= 11 is 0. The third kappa shape index (κ3) is 4.81. The van der Waals surface area contributed by atoms with Crippen LogP contribution in [0.4, 0.5) is 0 Å². The molecule has 0 aromatic heterocycles. The molecule has 0 atom stereocenters. The summed E-state index contributed by atoms with van der Waals surface area (Å²) in [6, 6.07) is 0. The minimum atomic E-state index is 0.618. The summed E-state index contributed by atoms with van der Waals surface area (Å²) in [5, 5.41) is 6.56. The van der Waals surface area contributed by atoms with Gasteiger partial charge in [0.1, 0.15) is 5.82 Å². The lowest BCUT2D eigenvalue weighted by atomic mass is 10.4. The molecule has 0 saturated heterocycles. The van der Waals surface area contributed by atoms with Crippen molar-refractivity contribution >= 4 is 0 Å². The Labute approximate surface area is 92.0 Å². The van der Waals surface area contributed by atoms with Crippen molar-refractivity contribution in [3.05, 3.63) is 49.1 Å². The van der Waals surface area contributed by atoms with Gasteiger partial charge in [-0.2, -0.15) is 0 Å². The molecule has 84 valence electrons. The van der Waals surface area contributed by atoms with Gasteiger partial charge in [0.05, 0.1) is 0 Å². The van der Waals surface area contributed by atoms with Crippen molar-refractivity contribution in [1.82, 2.24) is 15.3 Å². The van der Waals surface area contributed by atoms with Crippen LogP contribution in [0.25, 0.3) is 0 Å². The standard InChI is InChI=1S/C11H20N4/c1-6-7-11(12)15(5)14(4)9-8-10(2)13-3/h6-9,13H,1-2,12H2,3-5H3/b9-8-,11-7-. The van der Waals surface area contributed by atoms with E-state index in [2.05, 4.69) is 18.5 Å². The van der Waals surface area contributed by atoms with E-state index < -0.39 is 0 Å². The van der Waals surface area contributed by atoms with Crippen LogP contribution >= 0.6 is 0 Å². The highest BCUT2D eigenvalue weighted by Gasteiger charge is 2.01. The van der Waals surface area contributed by atoms with Crippen LogP contribution in [0.15, 0.2) is 49.1 Å². The van der Waals surface area contributed by atoms with Crippen molar-refractivity contribution in [3.8, 4) is 0 Å². The van der Waals surface area contributed by atoms with E-state index in [1.165, 1.54) is 0 Å². The van der Waals surface area contributed by atoms with Crippen molar-refractivity contribution in [2.75, 3.05) is 21.1 Å². The monoisotopic (exact) mass is 208 g/mol. The van der Waals surface area contributed by atoms with Gasteiger partial charge in [-0.1, -0.05) is 19.2 Å². The highest BCUT2D eigenvalue weighted by molar-refractivity contribution is 5.11. The maximum atomic E-state index is 5.77. The van der Waals surface area contributed by atoms with Crippen LogP contribution < -0.4 is 11.1 Å². The molecule has 0 aromatic rings. The molecule has 0 amide bonds. The van der Waals surface area contributed by atoms with E-state index in [0.29, 0.717) is 5.82 Å². The van der Waals surface area contributed by atoms with E-state index in [9.17, 15) is 0 Å². The average Bonchev–Trinajstić information content (AvgIpc) is 2.24. The van der Waals surface area contributed by atoms with E-state index in [1.807, 2.05) is 38.4 Å². The third-order valence-electron chi connectivity index (χ3n) is 1.95. The lowest BCUT2D eigenvalue weighted by Gasteiger charge is -2.28. The summed E-state index contributed by atoms with van der Waals surface area (Å²) in [5.74, 6) is 0.618. The van der Waals surface area contributed by atoms with Gasteiger partial charge in [0.25, 0.3) is 0 Å². The van der Waals surface area contributed by atoms with Gasteiger partial charge >= 0.3 is 0 Å². The van der Waals surface area contributed by atoms with Crippen molar-refractivity contribution in [3.63, 3.8) is 0 Å². The molecule has 0 unspecified atom stereocenters. The number of hydrazine groups is 1. The van der Waals surface area contributed by atoms with Gasteiger partial charge in [0, 0.05) is 33.0 Å². The molecule has 0 aliphatic carbocycles. The summed E-state index contributed by atoms with van der Waals surface area (Å²) in [6.45, 7) is 7.37. The van der Waals surface area contributed by atoms with Crippen molar-refractivity contribution in [2.24, 2.45) is 5.73 Å². The molecule has 0 aliphatic rings. The zero-order chi connectivity index (χ0) is 11.8. The molecule has 0 saturated carbocycles. The lowest BCUT2D eigenvalue weighted by molar-refractivity contribution is 0.123. The molecule has 0 heterocycles. The van der Waals surface area contributed by atoms with Gasteiger partial charge in [0.15, 0.2) is 0 Å². The fourth-order valence-electron chi connectivity index (χ4n) is 0.792. The number of nitrogens with zero attached hydrogens (tertiary/aromatic N) is 2. The molecule has 0 aliphatic heterocycles. The van der Waals surface area contributed by atoms with Crippen molar-refractivity contribution < 1.29 is 0 Å². The number of nitrogens with two attached hydrogens (primary N) is 1. The Balaban J connectivity index is 4.38. The summed E-state index contributed by atoms with van der Waals surface area (Å²) in [7, 11) is 5.58. The molecule has 0 spiro atoms. The normalized spacial score (nSPS) is 11.3. The zero-order valence-corrected chi connectivity index (χ0v) is 9.70. The summed E-state index contributed by atoms with van der Waals surface area (Å²) in [5.41, 5.74) is 6.60. The largest absolute Gasteiger partial charge is 0.389 e. The minimum absolute atomic E-state index is 0.618. The molecule has 0 radical (unpaired) electrons. The Bertz CT molecular complexity index is 278. The van der Waals surface area contributed by atoms with Crippen LogP contribution in [-0.2, 0) is 0 Å². The van der Waals surface area contributed by atoms with Gasteiger partial charge in [-0.05, 0) is 12.2 Å². The second-order valence-electron chi connectivity index (χ2n) is 3.02. The van der Waals surface area contributed by atoms with E-state index >= 15 is 0 Å². The first-order valence-electron chi connectivity index (χ1n) is 4.62. The molecule has 0 rings (SSSR count). The maximum Gasteiger partial charge on any atom is 0.117 e. The van der Waals surface area contributed by atoms with Crippen LogP contribution in [0.1, 0.15) is 0 Å². The first-order chi connectivity index (χ1) is 7.02. The molecular weight excluding hydrogens is 188 g/mol. The van der Waals surface area contributed by atoms with Crippen LogP contribution in [0.3, 0.4) is 0 Å². The SMILES string of the molecule is C=C/C=C(/N)N(C)N(C)/C=C\C(=C)NC. The van der Waals surface area contributed by atoms with Gasteiger partial charge < -0.3 is 11.1 Å². The topological polar surface area (TPSA) is 44.5 Å². The van der Waals surface area contributed by atoms with Gasteiger partial charge in [0.2, 0.25) is 0 Å². The number of rotatable bonds is 6. The van der Waals surface area contributed by atoms with E-state index in [0.717, 1.165) is 5.70 Å².